The Morgan fingerprint density at radius 1 is 1.24 bits per heavy atom. The minimum Gasteiger partial charge on any atom is -0.391 e. The summed E-state index contributed by atoms with van der Waals surface area (Å²) in [5.41, 5.74) is 0. The molecule has 100 valence electrons. The maximum atomic E-state index is 10.0. The third-order valence-corrected chi connectivity index (χ3v) is 4.03. The van der Waals surface area contributed by atoms with Crippen molar-refractivity contribution in [2.75, 3.05) is 46.9 Å². The van der Waals surface area contributed by atoms with Crippen molar-refractivity contribution < 1.29 is 9.84 Å². The first kappa shape index (κ1) is 13.3. The highest BCUT2D eigenvalue weighted by atomic mass is 16.5. The van der Waals surface area contributed by atoms with Gasteiger partial charge in [0.2, 0.25) is 0 Å². The lowest BCUT2D eigenvalue weighted by Crippen LogP contribution is -2.52. The lowest BCUT2D eigenvalue weighted by Gasteiger charge is -2.41. The molecule has 2 unspecified atom stereocenters. The van der Waals surface area contributed by atoms with E-state index in [2.05, 4.69) is 23.9 Å². The Morgan fingerprint density at radius 2 is 1.94 bits per heavy atom. The van der Waals surface area contributed by atoms with Crippen molar-refractivity contribution in [3.05, 3.63) is 0 Å². The lowest BCUT2D eigenvalue weighted by atomic mass is 9.93. The molecular formula is C13H26N2O2. The van der Waals surface area contributed by atoms with Gasteiger partial charge in [0.05, 0.1) is 18.8 Å². The predicted molar refractivity (Wildman–Crippen MR) is 68.1 cm³/mol. The van der Waals surface area contributed by atoms with Crippen LogP contribution in [0.1, 0.15) is 19.3 Å². The fourth-order valence-corrected chi connectivity index (χ4v) is 3.04. The van der Waals surface area contributed by atoms with Gasteiger partial charge in [-0.1, -0.05) is 0 Å². The first-order valence-corrected chi connectivity index (χ1v) is 6.81. The quantitative estimate of drug-likeness (QED) is 0.777. The Labute approximate surface area is 105 Å². The summed E-state index contributed by atoms with van der Waals surface area (Å²) in [5.74, 6) is 0.822. The van der Waals surface area contributed by atoms with Crippen molar-refractivity contribution in [2.45, 2.75) is 31.4 Å². The number of piperidine rings is 1. The van der Waals surface area contributed by atoms with E-state index in [1.54, 1.807) is 0 Å². The molecule has 0 amide bonds. The average Bonchev–Trinajstić information content (AvgIpc) is 2.30. The largest absolute Gasteiger partial charge is 0.391 e. The topological polar surface area (TPSA) is 35.9 Å². The summed E-state index contributed by atoms with van der Waals surface area (Å²) in [4.78, 5) is 4.70. The van der Waals surface area contributed by atoms with E-state index in [0.29, 0.717) is 6.61 Å². The second kappa shape index (κ2) is 6.14. The molecule has 0 spiro atoms. The molecular weight excluding hydrogens is 216 g/mol. The van der Waals surface area contributed by atoms with Gasteiger partial charge in [-0.2, -0.15) is 0 Å². The van der Waals surface area contributed by atoms with E-state index < -0.39 is 0 Å². The molecule has 2 heterocycles. The Kier molecular flexibility index (Phi) is 4.79. The van der Waals surface area contributed by atoms with Gasteiger partial charge in [-0.25, -0.2) is 0 Å². The van der Waals surface area contributed by atoms with E-state index in [4.69, 9.17) is 4.74 Å². The molecule has 0 saturated carbocycles. The molecule has 2 aliphatic heterocycles. The van der Waals surface area contributed by atoms with Gasteiger partial charge in [0, 0.05) is 13.2 Å². The number of nitrogens with zero attached hydrogens (tertiary/aromatic N) is 2. The molecule has 0 aromatic rings. The summed E-state index contributed by atoms with van der Waals surface area (Å²) >= 11 is 0. The number of aliphatic hydroxyl groups is 1. The summed E-state index contributed by atoms with van der Waals surface area (Å²) in [5, 5.41) is 10.0. The number of likely N-dealkylation sites (tertiary alicyclic amines) is 1. The van der Waals surface area contributed by atoms with Crippen LogP contribution in [-0.4, -0.2) is 74.0 Å². The molecule has 2 aliphatic rings. The van der Waals surface area contributed by atoms with Crippen LogP contribution in [0, 0.1) is 5.92 Å². The summed E-state index contributed by atoms with van der Waals surface area (Å²) in [6.07, 6.45) is 3.11. The zero-order valence-electron chi connectivity index (χ0n) is 11.1. The normalized spacial score (nSPS) is 33.2. The van der Waals surface area contributed by atoms with E-state index in [0.717, 1.165) is 32.0 Å². The number of hydrogen-bond donors (Lipinski definition) is 1. The zero-order valence-corrected chi connectivity index (χ0v) is 11.1. The number of hydrogen-bond acceptors (Lipinski definition) is 4. The van der Waals surface area contributed by atoms with E-state index in [1.807, 2.05) is 0 Å². The second-order valence-corrected chi connectivity index (χ2v) is 5.74. The molecule has 0 radical (unpaired) electrons. The summed E-state index contributed by atoms with van der Waals surface area (Å²) in [6, 6.07) is 0.240. The van der Waals surface area contributed by atoms with Crippen molar-refractivity contribution >= 4 is 0 Å². The molecule has 4 nitrogen and oxygen atoms in total. The Balaban J connectivity index is 1.78. The summed E-state index contributed by atoms with van der Waals surface area (Å²) < 4.78 is 5.49. The van der Waals surface area contributed by atoms with Gasteiger partial charge in [0.1, 0.15) is 0 Å². The van der Waals surface area contributed by atoms with E-state index >= 15 is 0 Å². The van der Waals surface area contributed by atoms with E-state index in [1.165, 1.54) is 19.4 Å². The molecule has 2 atom stereocenters. The van der Waals surface area contributed by atoms with Crippen LogP contribution < -0.4 is 0 Å². The van der Waals surface area contributed by atoms with Crippen LogP contribution in [0.3, 0.4) is 0 Å². The summed E-state index contributed by atoms with van der Waals surface area (Å²) in [7, 11) is 4.29. The first-order chi connectivity index (χ1) is 8.16. The van der Waals surface area contributed by atoms with Crippen molar-refractivity contribution in [3.8, 4) is 0 Å². The highest BCUT2D eigenvalue weighted by molar-refractivity contribution is 4.85. The molecule has 1 N–H and O–H groups in total. The van der Waals surface area contributed by atoms with Crippen LogP contribution in [0.15, 0.2) is 0 Å². The van der Waals surface area contributed by atoms with Crippen molar-refractivity contribution in [2.24, 2.45) is 5.92 Å². The molecule has 2 rings (SSSR count). The van der Waals surface area contributed by atoms with Crippen LogP contribution in [0.25, 0.3) is 0 Å². The smallest absolute Gasteiger partial charge is 0.0739 e. The highest BCUT2D eigenvalue weighted by Crippen LogP contribution is 2.23. The number of aliphatic hydroxyl groups excluding tert-OH is 1. The van der Waals surface area contributed by atoms with Gasteiger partial charge in [0.15, 0.2) is 0 Å². The minimum atomic E-state index is -0.186. The van der Waals surface area contributed by atoms with Crippen molar-refractivity contribution in [1.82, 2.24) is 9.80 Å². The maximum Gasteiger partial charge on any atom is 0.0739 e. The zero-order chi connectivity index (χ0) is 12.3. The van der Waals surface area contributed by atoms with E-state index in [9.17, 15) is 5.11 Å². The Bertz CT molecular complexity index is 227. The van der Waals surface area contributed by atoms with Gasteiger partial charge < -0.3 is 14.7 Å². The average molecular weight is 242 g/mol. The Morgan fingerprint density at radius 3 is 2.53 bits per heavy atom. The number of rotatable bonds is 3. The molecule has 4 heteroatoms. The lowest BCUT2D eigenvalue weighted by molar-refractivity contribution is -0.0694. The van der Waals surface area contributed by atoms with Crippen LogP contribution in [0.2, 0.25) is 0 Å². The van der Waals surface area contributed by atoms with Gasteiger partial charge in [-0.15, -0.1) is 0 Å². The van der Waals surface area contributed by atoms with Gasteiger partial charge >= 0.3 is 0 Å². The second-order valence-electron chi connectivity index (χ2n) is 5.74. The highest BCUT2D eigenvalue weighted by Gasteiger charge is 2.31. The van der Waals surface area contributed by atoms with Gasteiger partial charge in [-0.05, 0) is 52.4 Å². The Hall–Kier alpha value is -0.160. The molecule has 0 aromatic heterocycles. The molecule has 2 saturated heterocycles. The van der Waals surface area contributed by atoms with Crippen molar-refractivity contribution in [3.63, 3.8) is 0 Å². The van der Waals surface area contributed by atoms with Crippen LogP contribution in [0.4, 0.5) is 0 Å². The standard InChI is InChI=1S/C13H26N2O2/c1-14(2)9-11-3-6-15(7-4-11)12-10-17-8-5-13(12)16/h11-13,16H,3-10H2,1-2H3. The molecule has 0 bridgehead atoms. The van der Waals surface area contributed by atoms with Gasteiger partial charge in [-0.3, -0.25) is 4.90 Å². The predicted octanol–water partition coefficient (Wildman–Crippen LogP) is 0.410. The fraction of sp³-hybridized carbons (Fsp3) is 1.00. The maximum absolute atomic E-state index is 10.0. The van der Waals surface area contributed by atoms with Crippen LogP contribution in [0.5, 0.6) is 0 Å². The van der Waals surface area contributed by atoms with Crippen LogP contribution in [-0.2, 0) is 4.74 Å². The third-order valence-electron chi connectivity index (χ3n) is 4.03. The SMILES string of the molecule is CN(C)CC1CCN(C2COCCC2O)CC1. The van der Waals surface area contributed by atoms with Gasteiger partial charge in [0.25, 0.3) is 0 Å². The molecule has 0 aromatic carbocycles. The van der Waals surface area contributed by atoms with E-state index in [-0.39, 0.29) is 12.1 Å². The minimum absolute atomic E-state index is 0.186. The third kappa shape index (κ3) is 3.65. The molecule has 0 aliphatic carbocycles. The summed E-state index contributed by atoms with van der Waals surface area (Å²) in [6.45, 7) is 4.85. The van der Waals surface area contributed by atoms with Crippen LogP contribution >= 0.6 is 0 Å². The molecule has 17 heavy (non-hydrogen) atoms. The fourth-order valence-electron chi connectivity index (χ4n) is 3.04. The molecule has 2 fully saturated rings. The van der Waals surface area contributed by atoms with Crippen molar-refractivity contribution in [1.29, 1.82) is 0 Å². The number of ether oxygens (including phenoxy) is 1. The first-order valence-electron chi connectivity index (χ1n) is 6.81. The monoisotopic (exact) mass is 242 g/mol.